The van der Waals surface area contributed by atoms with Crippen LogP contribution in [0.25, 0.3) is 11.0 Å². The molecule has 102 valence electrons. The number of furan rings is 1. The second kappa shape index (κ2) is 5.79. The highest BCUT2D eigenvalue weighted by Crippen LogP contribution is 2.27. The van der Waals surface area contributed by atoms with Gasteiger partial charge in [-0.3, -0.25) is 0 Å². The topological polar surface area (TPSA) is 25.2 Å². The first-order valence-electron chi connectivity index (χ1n) is 7.57. The maximum Gasteiger partial charge on any atom is 0.134 e. The molecule has 1 heterocycles. The Kier molecular flexibility index (Phi) is 3.88. The van der Waals surface area contributed by atoms with Crippen molar-refractivity contribution in [3.8, 4) is 0 Å². The second-order valence-electron chi connectivity index (χ2n) is 5.70. The van der Waals surface area contributed by atoms with E-state index in [9.17, 15) is 0 Å². The summed E-state index contributed by atoms with van der Waals surface area (Å²) in [6.07, 6.45) is 8.70. The highest BCUT2D eigenvalue weighted by molar-refractivity contribution is 5.80. The molecule has 1 aliphatic rings. The van der Waals surface area contributed by atoms with Crippen molar-refractivity contribution in [2.75, 3.05) is 0 Å². The fourth-order valence-corrected chi connectivity index (χ4v) is 3.38. The first-order valence-corrected chi connectivity index (χ1v) is 7.57. The van der Waals surface area contributed by atoms with Gasteiger partial charge in [0.15, 0.2) is 0 Å². The lowest BCUT2D eigenvalue weighted by atomic mass is 9.83. The van der Waals surface area contributed by atoms with Gasteiger partial charge >= 0.3 is 0 Å². The Morgan fingerprint density at radius 1 is 1.21 bits per heavy atom. The number of nitrogens with one attached hydrogen (secondary N) is 1. The number of rotatable bonds is 4. The van der Waals surface area contributed by atoms with Crippen LogP contribution in [0.4, 0.5) is 0 Å². The Hall–Kier alpha value is -1.28. The van der Waals surface area contributed by atoms with Crippen LogP contribution in [0.1, 0.15) is 44.6 Å². The molecule has 19 heavy (non-hydrogen) atoms. The summed E-state index contributed by atoms with van der Waals surface area (Å²) in [7, 11) is 0. The smallest absolute Gasteiger partial charge is 0.134 e. The summed E-state index contributed by atoms with van der Waals surface area (Å²) < 4.78 is 5.60. The molecule has 0 saturated heterocycles. The quantitative estimate of drug-likeness (QED) is 0.873. The van der Waals surface area contributed by atoms with E-state index in [2.05, 4.69) is 24.4 Å². The van der Waals surface area contributed by atoms with E-state index in [4.69, 9.17) is 4.42 Å². The number of hydrogen-bond acceptors (Lipinski definition) is 2. The zero-order valence-corrected chi connectivity index (χ0v) is 11.7. The molecule has 0 amide bonds. The van der Waals surface area contributed by atoms with Gasteiger partial charge in [0.25, 0.3) is 0 Å². The van der Waals surface area contributed by atoms with Crippen LogP contribution in [0.15, 0.2) is 34.9 Å². The fourth-order valence-electron chi connectivity index (χ4n) is 3.38. The van der Waals surface area contributed by atoms with Gasteiger partial charge in [-0.1, -0.05) is 44.4 Å². The van der Waals surface area contributed by atoms with Crippen LogP contribution in [-0.2, 0) is 6.54 Å². The zero-order valence-electron chi connectivity index (χ0n) is 11.7. The molecule has 0 bridgehead atoms. The molecule has 0 spiro atoms. The minimum Gasteiger partial charge on any atom is -0.464 e. The molecule has 2 atom stereocenters. The minimum absolute atomic E-state index is 0.687. The zero-order chi connectivity index (χ0) is 13.1. The Labute approximate surface area is 115 Å². The van der Waals surface area contributed by atoms with E-state index >= 15 is 0 Å². The van der Waals surface area contributed by atoms with Gasteiger partial charge in [-0.2, -0.15) is 0 Å². The van der Waals surface area contributed by atoms with Crippen LogP contribution in [-0.4, -0.2) is 6.04 Å². The third kappa shape index (κ3) is 2.69. The van der Waals surface area contributed by atoms with Crippen molar-refractivity contribution >= 4 is 11.0 Å². The Balaban J connectivity index is 1.68. The lowest BCUT2D eigenvalue weighted by Gasteiger charge is -2.31. The third-order valence-corrected chi connectivity index (χ3v) is 4.55. The molecular weight excluding hydrogens is 234 g/mol. The molecule has 1 aromatic carbocycles. The van der Waals surface area contributed by atoms with Crippen molar-refractivity contribution in [3.05, 3.63) is 36.1 Å². The molecular formula is C17H23NO. The normalized spacial score (nSPS) is 23.8. The van der Waals surface area contributed by atoms with Crippen LogP contribution in [0.3, 0.4) is 0 Å². The van der Waals surface area contributed by atoms with Gasteiger partial charge in [0, 0.05) is 23.5 Å². The summed E-state index contributed by atoms with van der Waals surface area (Å²) in [4.78, 5) is 0. The molecule has 1 N–H and O–H groups in total. The van der Waals surface area contributed by atoms with Gasteiger partial charge in [0.05, 0.1) is 6.26 Å². The summed E-state index contributed by atoms with van der Waals surface area (Å²) in [5.74, 6) is 0.854. The lowest BCUT2D eigenvalue weighted by molar-refractivity contribution is 0.254. The summed E-state index contributed by atoms with van der Waals surface area (Å²) in [6.45, 7) is 3.25. The van der Waals surface area contributed by atoms with Crippen molar-refractivity contribution in [3.63, 3.8) is 0 Å². The van der Waals surface area contributed by atoms with E-state index in [0.717, 1.165) is 18.0 Å². The first kappa shape index (κ1) is 12.7. The summed E-state index contributed by atoms with van der Waals surface area (Å²) in [6, 6.07) is 8.98. The molecule has 1 saturated carbocycles. The van der Waals surface area contributed by atoms with E-state index in [1.54, 1.807) is 0 Å². The van der Waals surface area contributed by atoms with E-state index in [1.165, 1.54) is 43.1 Å². The van der Waals surface area contributed by atoms with Crippen LogP contribution in [0.2, 0.25) is 0 Å². The van der Waals surface area contributed by atoms with Gasteiger partial charge in [0.2, 0.25) is 0 Å². The first-order chi connectivity index (χ1) is 9.38. The van der Waals surface area contributed by atoms with Gasteiger partial charge < -0.3 is 9.73 Å². The number of benzene rings is 1. The molecule has 2 aromatic rings. The number of hydrogen-bond donors (Lipinski definition) is 1. The minimum atomic E-state index is 0.687. The summed E-state index contributed by atoms with van der Waals surface area (Å²) in [5.41, 5.74) is 2.28. The average Bonchev–Trinajstić information content (AvgIpc) is 2.89. The second-order valence-corrected chi connectivity index (χ2v) is 5.70. The maximum atomic E-state index is 5.60. The Bertz CT molecular complexity index is 531. The largest absolute Gasteiger partial charge is 0.464 e. The number of para-hydroxylation sites is 1. The lowest BCUT2D eigenvalue weighted by Crippen LogP contribution is -2.37. The standard InChI is InChI=1S/C17H23NO/c1-2-13-7-3-5-9-16(13)18-11-14-12-19-17-10-6-4-8-15(14)17/h4,6,8,10,12-13,16,18H,2-3,5,7,9,11H2,1H3. The summed E-state index contributed by atoms with van der Waals surface area (Å²) in [5, 5.41) is 5.01. The maximum absolute atomic E-state index is 5.60. The third-order valence-electron chi connectivity index (χ3n) is 4.55. The van der Waals surface area contributed by atoms with Crippen LogP contribution in [0.5, 0.6) is 0 Å². The van der Waals surface area contributed by atoms with Crippen molar-refractivity contribution in [2.45, 2.75) is 51.6 Å². The average molecular weight is 257 g/mol. The molecule has 0 aliphatic heterocycles. The monoisotopic (exact) mass is 257 g/mol. The highest BCUT2D eigenvalue weighted by Gasteiger charge is 2.23. The SMILES string of the molecule is CCC1CCCCC1NCc1coc2ccccc12. The molecule has 1 aromatic heterocycles. The van der Waals surface area contributed by atoms with Crippen molar-refractivity contribution in [1.29, 1.82) is 0 Å². The van der Waals surface area contributed by atoms with Gasteiger partial charge in [0.1, 0.15) is 5.58 Å². The van der Waals surface area contributed by atoms with E-state index in [1.807, 2.05) is 18.4 Å². The number of fused-ring (bicyclic) bond motifs is 1. The molecule has 2 heteroatoms. The predicted octanol–water partition coefficient (Wildman–Crippen LogP) is 4.49. The fraction of sp³-hybridized carbons (Fsp3) is 0.529. The van der Waals surface area contributed by atoms with E-state index in [0.29, 0.717) is 6.04 Å². The van der Waals surface area contributed by atoms with Crippen molar-refractivity contribution in [2.24, 2.45) is 5.92 Å². The van der Waals surface area contributed by atoms with Crippen LogP contribution >= 0.6 is 0 Å². The molecule has 1 aliphatic carbocycles. The van der Waals surface area contributed by atoms with Crippen LogP contribution < -0.4 is 5.32 Å². The van der Waals surface area contributed by atoms with Crippen LogP contribution in [0, 0.1) is 5.92 Å². The molecule has 2 nitrogen and oxygen atoms in total. The molecule has 2 unspecified atom stereocenters. The Morgan fingerprint density at radius 3 is 2.95 bits per heavy atom. The predicted molar refractivity (Wildman–Crippen MR) is 79.1 cm³/mol. The molecule has 0 radical (unpaired) electrons. The van der Waals surface area contributed by atoms with Crippen molar-refractivity contribution < 1.29 is 4.42 Å². The van der Waals surface area contributed by atoms with Gasteiger partial charge in [-0.25, -0.2) is 0 Å². The molecule has 3 rings (SSSR count). The Morgan fingerprint density at radius 2 is 2.05 bits per heavy atom. The highest BCUT2D eigenvalue weighted by atomic mass is 16.3. The van der Waals surface area contributed by atoms with Gasteiger partial charge in [-0.15, -0.1) is 0 Å². The van der Waals surface area contributed by atoms with E-state index in [-0.39, 0.29) is 0 Å². The van der Waals surface area contributed by atoms with Gasteiger partial charge in [-0.05, 0) is 24.8 Å². The summed E-state index contributed by atoms with van der Waals surface area (Å²) >= 11 is 0. The molecule has 1 fully saturated rings. The van der Waals surface area contributed by atoms with Crippen molar-refractivity contribution in [1.82, 2.24) is 5.32 Å². The van der Waals surface area contributed by atoms with E-state index < -0.39 is 0 Å².